The Kier molecular flexibility index (Phi) is 22.1. The molecule has 0 aromatic carbocycles. The van der Waals surface area contributed by atoms with E-state index in [-0.39, 0.29) is 42.3 Å². The number of hydrogen-bond acceptors (Lipinski definition) is 7. The second-order valence-electron chi connectivity index (χ2n) is 9.64. The summed E-state index contributed by atoms with van der Waals surface area (Å²) in [5.74, 6) is -0.327. The maximum absolute atomic E-state index is 12.9. The summed E-state index contributed by atoms with van der Waals surface area (Å²) in [6, 6.07) is -1.91. The van der Waals surface area contributed by atoms with E-state index in [0.29, 0.717) is 50.2 Å². The number of carbonyl (C=O) groups excluding carboxylic acids is 5. The van der Waals surface area contributed by atoms with Crippen LogP contribution in [0.4, 0.5) is 0 Å². The molecule has 0 spiro atoms. The van der Waals surface area contributed by atoms with Crippen LogP contribution in [0, 0.1) is 0 Å². The normalized spacial score (nSPS) is 13.2. The molecular formula is C27H50N4O5S2. The molecule has 0 bridgehead atoms. The van der Waals surface area contributed by atoms with Crippen molar-refractivity contribution >= 4 is 54.7 Å². The first kappa shape index (κ1) is 36.2. The first-order valence-electron chi connectivity index (χ1n) is 14.1. The van der Waals surface area contributed by atoms with Crippen LogP contribution >= 0.6 is 25.3 Å². The van der Waals surface area contributed by atoms with Crippen molar-refractivity contribution in [3.63, 3.8) is 0 Å². The molecule has 3 atom stereocenters. The van der Waals surface area contributed by atoms with Crippen LogP contribution in [-0.2, 0) is 24.0 Å². The van der Waals surface area contributed by atoms with Gasteiger partial charge in [0.2, 0.25) is 23.6 Å². The second-order valence-corrected chi connectivity index (χ2v) is 10.5. The van der Waals surface area contributed by atoms with Gasteiger partial charge in [0.15, 0.2) is 5.78 Å². The molecule has 38 heavy (non-hydrogen) atoms. The molecule has 0 rings (SSSR count). The fraction of sp³-hybridized carbons (Fsp3) is 0.815. The van der Waals surface area contributed by atoms with Crippen LogP contribution in [0.25, 0.3) is 0 Å². The predicted octanol–water partition coefficient (Wildman–Crippen LogP) is 3.12. The minimum Gasteiger partial charge on any atom is -0.354 e. The van der Waals surface area contributed by atoms with Crippen LogP contribution in [0.15, 0.2) is 0 Å². The van der Waals surface area contributed by atoms with Gasteiger partial charge in [-0.15, -0.1) is 0 Å². The van der Waals surface area contributed by atoms with E-state index in [1.54, 1.807) is 0 Å². The Balaban J connectivity index is 4.78. The molecule has 11 heteroatoms. The lowest BCUT2D eigenvalue weighted by Crippen LogP contribution is -2.51. The van der Waals surface area contributed by atoms with Crippen LogP contribution < -0.4 is 21.3 Å². The van der Waals surface area contributed by atoms with Crippen LogP contribution in [0.3, 0.4) is 0 Å². The van der Waals surface area contributed by atoms with Crippen molar-refractivity contribution in [3.8, 4) is 0 Å². The highest BCUT2D eigenvalue weighted by atomic mass is 32.1. The molecule has 9 nitrogen and oxygen atoms in total. The van der Waals surface area contributed by atoms with Gasteiger partial charge in [-0.05, 0) is 50.5 Å². The number of Topliss-reactive ketones (excluding diaryl/α,β-unsaturated/α-hetero) is 1. The van der Waals surface area contributed by atoms with Crippen LogP contribution in [0.1, 0.15) is 104 Å². The van der Waals surface area contributed by atoms with Crippen LogP contribution in [-0.4, -0.2) is 65.6 Å². The van der Waals surface area contributed by atoms with E-state index in [2.05, 4.69) is 60.4 Å². The van der Waals surface area contributed by atoms with Gasteiger partial charge in [-0.25, -0.2) is 0 Å². The number of rotatable bonds is 23. The number of carbonyl (C=O) groups is 5. The van der Waals surface area contributed by atoms with Gasteiger partial charge in [0.1, 0.15) is 12.1 Å². The maximum Gasteiger partial charge on any atom is 0.243 e. The first-order chi connectivity index (χ1) is 18.2. The zero-order valence-corrected chi connectivity index (χ0v) is 25.3. The third kappa shape index (κ3) is 17.7. The zero-order chi connectivity index (χ0) is 28.8. The molecule has 0 aliphatic rings. The molecule has 220 valence electrons. The highest BCUT2D eigenvalue weighted by molar-refractivity contribution is 7.80. The molecular weight excluding hydrogens is 524 g/mol. The Morgan fingerprint density at radius 2 is 1.05 bits per heavy atom. The second kappa shape index (κ2) is 23.2. The Hall–Kier alpha value is -1.75. The summed E-state index contributed by atoms with van der Waals surface area (Å²) in [5.41, 5.74) is 0. The predicted molar refractivity (Wildman–Crippen MR) is 159 cm³/mol. The number of unbranched alkanes of at least 4 members (excludes halogenated alkanes) is 5. The van der Waals surface area contributed by atoms with Gasteiger partial charge in [-0.3, -0.25) is 24.0 Å². The van der Waals surface area contributed by atoms with E-state index in [4.69, 9.17) is 0 Å². The van der Waals surface area contributed by atoms with Crippen molar-refractivity contribution in [3.05, 3.63) is 0 Å². The largest absolute Gasteiger partial charge is 0.354 e. The third-order valence-corrected chi connectivity index (χ3v) is 6.65. The number of hydrogen-bond donors (Lipinski definition) is 6. The van der Waals surface area contributed by atoms with Gasteiger partial charge in [-0.1, -0.05) is 52.4 Å². The smallest absolute Gasteiger partial charge is 0.243 e. The van der Waals surface area contributed by atoms with Crippen molar-refractivity contribution in [1.82, 2.24) is 21.3 Å². The molecule has 0 saturated heterocycles. The van der Waals surface area contributed by atoms with Crippen molar-refractivity contribution in [2.75, 3.05) is 18.1 Å². The lowest BCUT2D eigenvalue weighted by atomic mass is 10.0. The van der Waals surface area contributed by atoms with Crippen molar-refractivity contribution < 1.29 is 24.0 Å². The Morgan fingerprint density at radius 3 is 1.50 bits per heavy atom. The molecule has 0 aliphatic carbocycles. The number of ketones is 1. The molecule has 0 aliphatic heterocycles. The zero-order valence-electron chi connectivity index (χ0n) is 23.5. The Morgan fingerprint density at radius 1 is 0.605 bits per heavy atom. The minimum absolute atomic E-state index is 0.153. The minimum atomic E-state index is -0.683. The topological polar surface area (TPSA) is 133 Å². The average Bonchev–Trinajstić information content (AvgIpc) is 2.86. The summed E-state index contributed by atoms with van der Waals surface area (Å²) in [7, 11) is 0. The van der Waals surface area contributed by atoms with Gasteiger partial charge in [-0.2, -0.15) is 25.3 Å². The Labute approximate surface area is 240 Å². The summed E-state index contributed by atoms with van der Waals surface area (Å²) in [5, 5.41) is 11.3. The molecule has 4 amide bonds. The van der Waals surface area contributed by atoms with E-state index < -0.39 is 18.1 Å². The van der Waals surface area contributed by atoms with Gasteiger partial charge in [0.25, 0.3) is 0 Å². The lowest BCUT2D eigenvalue weighted by molar-refractivity contribution is -0.131. The molecule has 0 radical (unpaired) electrons. The number of amides is 4. The molecule has 0 saturated carbocycles. The molecule has 0 heterocycles. The lowest BCUT2D eigenvalue weighted by Gasteiger charge is -2.22. The molecule has 0 aromatic rings. The number of thiol groups is 2. The van der Waals surface area contributed by atoms with E-state index in [1.165, 1.54) is 6.92 Å². The maximum atomic E-state index is 12.9. The van der Waals surface area contributed by atoms with Gasteiger partial charge < -0.3 is 21.3 Å². The highest BCUT2D eigenvalue weighted by Gasteiger charge is 2.25. The van der Waals surface area contributed by atoms with E-state index in [9.17, 15) is 24.0 Å². The summed E-state index contributed by atoms with van der Waals surface area (Å²) >= 11 is 8.14. The summed E-state index contributed by atoms with van der Waals surface area (Å²) in [4.78, 5) is 61.8. The van der Waals surface area contributed by atoms with E-state index >= 15 is 0 Å². The van der Waals surface area contributed by atoms with Crippen LogP contribution in [0.2, 0.25) is 0 Å². The van der Waals surface area contributed by atoms with Gasteiger partial charge in [0.05, 0.1) is 6.04 Å². The quantitative estimate of drug-likeness (QED) is 0.0824. The molecule has 0 aromatic heterocycles. The molecule has 0 fully saturated rings. The van der Waals surface area contributed by atoms with Gasteiger partial charge in [0, 0.05) is 19.4 Å². The van der Waals surface area contributed by atoms with Crippen molar-refractivity contribution in [2.24, 2.45) is 0 Å². The van der Waals surface area contributed by atoms with Crippen LogP contribution in [0.5, 0.6) is 0 Å². The van der Waals surface area contributed by atoms with Crippen molar-refractivity contribution in [1.29, 1.82) is 0 Å². The summed E-state index contributed by atoms with van der Waals surface area (Å²) < 4.78 is 0. The molecule has 4 N–H and O–H groups in total. The average molecular weight is 575 g/mol. The van der Waals surface area contributed by atoms with Crippen molar-refractivity contribution in [2.45, 2.75) is 122 Å². The molecule has 3 unspecified atom stereocenters. The number of nitrogens with one attached hydrogen (secondary N) is 4. The Bertz CT molecular complexity index is 724. The standard InChI is InChI=1S/C27H50N4O5S2/c1-4-6-8-13-22(29-24(33)15-18-37)26(35)28-17-11-10-12-21(20(3)32)31-27(36)23(14-9-7-5-2)30-25(34)16-19-38/h21-23,37-38H,4-19H2,1-3H3,(H,28,35)(H,29,33)(H,30,34)(H,31,36). The summed E-state index contributed by atoms with van der Waals surface area (Å²) in [6.07, 6.45) is 8.86. The van der Waals surface area contributed by atoms with E-state index in [0.717, 1.165) is 38.5 Å². The fourth-order valence-electron chi connectivity index (χ4n) is 3.93. The third-order valence-electron chi connectivity index (χ3n) is 6.20. The monoisotopic (exact) mass is 574 g/mol. The SMILES string of the molecule is CCCCCC(NC(=O)CCS)C(=O)NCCCCC(NC(=O)C(CCCCC)NC(=O)CCS)C(C)=O. The van der Waals surface area contributed by atoms with E-state index in [1.807, 2.05) is 0 Å². The first-order valence-corrected chi connectivity index (χ1v) is 15.3. The fourth-order valence-corrected chi connectivity index (χ4v) is 4.33. The highest BCUT2D eigenvalue weighted by Crippen LogP contribution is 2.08. The van der Waals surface area contributed by atoms with Gasteiger partial charge >= 0.3 is 0 Å². The summed E-state index contributed by atoms with van der Waals surface area (Å²) in [6.45, 7) is 5.99.